The van der Waals surface area contributed by atoms with Crippen LogP contribution in [-0.4, -0.2) is 28.5 Å². The lowest BCUT2D eigenvalue weighted by Gasteiger charge is -2.42. The van der Waals surface area contributed by atoms with Crippen LogP contribution < -0.4 is 10.2 Å². The number of phenols is 1. The Balaban J connectivity index is 1.25. The standard InChI is InChI=1S/C36H30N2O5/c1-19-16-21(8-15-29(19)39)31-25-13-14-26-32(27(25)18-28-33(31)30(40)17-20(2)34(28)41)36(43)38(35(26)42)24-11-9-23(10-12-24)37-22-6-4-3-5-7-22/h3-13,15-17,26-27,31-32,37,39H,14,18H2,1-2H3. The molecule has 0 aromatic heterocycles. The van der Waals surface area contributed by atoms with Crippen molar-refractivity contribution in [1.29, 1.82) is 0 Å². The Labute approximate surface area is 249 Å². The fourth-order valence-electron chi connectivity index (χ4n) is 7.26. The highest BCUT2D eigenvalue weighted by molar-refractivity contribution is 6.25. The van der Waals surface area contributed by atoms with Gasteiger partial charge in [0.2, 0.25) is 11.8 Å². The lowest BCUT2D eigenvalue weighted by Crippen LogP contribution is -2.39. The molecule has 7 heteroatoms. The number of rotatable bonds is 4. The normalized spacial score (nSPS) is 24.7. The summed E-state index contributed by atoms with van der Waals surface area (Å²) in [4.78, 5) is 56.1. The van der Waals surface area contributed by atoms with Gasteiger partial charge in [0, 0.05) is 34.0 Å². The molecule has 7 nitrogen and oxygen atoms in total. The molecule has 0 radical (unpaired) electrons. The van der Waals surface area contributed by atoms with Gasteiger partial charge in [0.1, 0.15) is 5.75 Å². The van der Waals surface area contributed by atoms with E-state index in [0.29, 0.717) is 34.4 Å². The first-order valence-corrected chi connectivity index (χ1v) is 14.5. The maximum atomic E-state index is 14.1. The van der Waals surface area contributed by atoms with Crippen LogP contribution in [0.25, 0.3) is 0 Å². The lowest BCUT2D eigenvalue weighted by molar-refractivity contribution is -0.123. The van der Waals surface area contributed by atoms with Crippen molar-refractivity contribution in [2.24, 2.45) is 17.8 Å². The molecule has 1 heterocycles. The minimum absolute atomic E-state index is 0.141. The van der Waals surface area contributed by atoms with Crippen LogP contribution in [0.4, 0.5) is 17.1 Å². The first kappa shape index (κ1) is 26.8. The SMILES string of the molecule is CC1=CC(=O)C2=C(CC3C(=CCC4C(=O)N(c5ccc(Nc6ccccc6)cc5)C(=O)C43)C2c2ccc(O)c(C)c2)C1=O. The molecule has 1 fully saturated rings. The summed E-state index contributed by atoms with van der Waals surface area (Å²) in [5.41, 5.74) is 5.84. The highest BCUT2D eigenvalue weighted by Gasteiger charge is 2.56. The summed E-state index contributed by atoms with van der Waals surface area (Å²) in [6.45, 7) is 3.43. The maximum absolute atomic E-state index is 14.1. The van der Waals surface area contributed by atoms with Crippen molar-refractivity contribution in [2.45, 2.75) is 32.6 Å². The van der Waals surface area contributed by atoms with Gasteiger partial charge in [-0.05, 0) is 92.3 Å². The molecule has 3 aromatic carbocycles. The summed E-state index contributed by atoms with van der Waals surface area (Å²) in [6, 6.07) is 22.2. The smallest absolute Gasteiger partial charge is 0.238 e. The summed E-state index contributed by atoms with van der Waals surface area (Å²) < 4.78 is 0. The molecule has 214 valence electrons. The highest BCUT2D eigenvalue weighted by Crippen LogP contribution is 2.55. The largest absolute Gasteiger partial charge is 0.508 e. The second-order valence-electron chi connectivity index (χ2n) is 11.8. The first-order chi connectivity index (χ1) is 20.7. The van der Waals surface area contributed by atoms with E-state index >= 15 is 0 Å². The number of benzene rings is 3. The van der Waals surface area contributed by atoms with Gasteiger partial charge >= 0.3 is 0 Å². The van der Waals surface area contributed by atoms with Crippen molar-refractivity contribution >= 4 is 40.4 Å². The zero-order valence-electron chi connectivity index (χ0n) is 23.8. The zero-order valence-corrected chi connectivity index (χ0v) is 23.8. The molecule has 0 saturated carbocycles. The van der Waals surface area contributed by atoms with E-state index in [1.165, 1.54) is 11.0 Å². The number of ketones is 2. The first-order valence-electron chi connectivity index (χ1n) is 14.5. The Hall–Kier alpha value is -5.04. The molecular formula is C36H30N2O5. The fraction of sp³-hybridized carbons (Fsp3) is 0.222. The number of aromatic hydroxyl groups is 1. The average Bonchev–Trinajstić information content (AvgIpc) is 3.26. The number of para-hydroxylation sites is 1. The molecular weight excluding hydrogens is 540 g/mol. The van der Waals surface area contributed by atoms with Gasteiger partial charge in [-0.2, -0.15) is 0 Å². The van der Waals surface area contributed by atoms with Gasteiger partial charge in [-0.15, -0.1) is 0 Å². The topological polar surface area (TPSA) is 104 Å². The third kappa shape index (κ3) is 4.26. The second-order valence-corrected chi connectivity index (χ2v) is 11.8. The lowest BCUT2D eigenvalue weighted by atomic mass is 9.59. The Morgan fingerprint density at radius 2 is 1.56 bits per heavy atom. The summed E-state index contributed by atoms with van der Waals surface area (Å²) in [6.07, 6.45) is 4.01. The van der Waals surface area contributed by atoms with Crippen molar-refractivity contribution in [3.05, 3.63) is 118 Å². The third-order valence-electron chi connectivity index (χ3n) is 9.30. The number of Topliss-reactive ketones (excluding diaryl/α,β-unsaturated/α-hetero) is 1. The van der Waals surface area contributed by atoms with E-state index in [-0.39, 0.29) is 35.6 Å². The number of imide groups is 1. The number of hydrogen-bond acceptors (Lipinski definition) is 6. The summed E-state index contributed by atoms with van der Waals surface area (Å²) >= 11 is 0. The predicted octanol–water partition coefficient (Wildman–Crippen LogP) is 6.08. The summed E-state index contributed by atoms with van der Waals surface area (Å²) in [5, 5.41) is 13.5. The van der Waals surface area contributed by atoms with Crippen LogP contribution in [0.3, 0.4) is 0 Å². The van der Waals surface area contributed by atoms with Gasteiger partial charge in [-0.25, -0.2) is 0 Å². The van der Waals surface area contributed by atoms with Crippen LogP contribution in [0, 0.1) is 24.7 Å². The number of nitrogens with one attached hydrogen (secondary N) is 1. The fourth-order valence-corrected chi connectivity index (χ4v) is 7.26. The number of carbonyl (C=O) groups excluding carboxylic acids is 4. The summed E-state index contributed by atoms with van der Waals surface area (Å²) in [5.74, 6) is -2.89. The van der Waals surface area contributed by atoms with Crippen LogP contribution >= 0.6 is 0 Å². The Morgan fingerprint density at radius 3 is 2.28 bits per heavy atom. The molecule has 2 amide bonds. The number of carbonyl (C=O) groups is 4. The highest BCUT2D eigenvalue weighted by atomic mass is 16.3. The molecule has 1 saturated heterocycles. The summed E-state index contributed by atoms with van der Waals surface area (Å²) in [7, 11) is 0. The van der Waals surface area contributed by atoms with E-state index in [4.69, 9.17) is 0 Å². The molecule has 4 aliphatic rings. The van der Waals surface area contributed by atoms with Gasteiger partial charge in [-0.3, -0.25) is 24.1 Å². The number of fused-ring (bicyclic) bond motifs is 3. The van der Waals surface area contributed by atoms with Crippen LogP contribution in [0.5, 0.6) is 5.75 Å². The number of hydrogen-bond donors (Lipinski definition) is 2. The van der Waals surface area contributed by atoms with Crippen molar-refractivity contribution < 1.29 is 24.3 Å². The Morgan fingerprint density at radius 1 is 0.837 bits per heavy atom. The molecule has 2 N–H and O–H groups in total. The molecule has 0 spiro atoms. The number of nitrogens with zero attached hydrogens (tertiary/aromatic N) is 1. The van der Waals surface area contributed by atoms with Gasteiger partial charge in [-0.1, -0.05) is 42.0 Å². The van der Waals surface area contributed by atoms with Crippen LogP contribution in [0.1, 0.15) is 36.8 Å². The Kier molecular flexibility index (Phi) is 6.27. The molecule has 43 heavy (non-hydrogen) atoms. The van der Waals surface area contributed by atoms with Crippen LogP contribution in [0.2, 0.25) is 0 Å². The number of phenolic OH excluding ortho intramolecular Hbond substituents is 1. The number of allylic oxidation sites excluding steroid dienone is 6. The van der Waals surface area contributed by atoms with Gasteiger partial charge in [0.05, 0.1) is 17.5 Å². The molecule has 3 aliphatic carbocycles. The Bertz CT molecular complexity index is 1820. The molecule has 3 aromatic rings. The number of anilines is 3. The van der Waals surface area contributed by atoms with Crippen molar-refractivity contribution in [2.75, 3.05) is 10.2 Å². The van der Waals surface area contributed by atoms with Crippen LogP contribution in [-0.2, 0) is 19.2 Å². The van der Waals surface area contributed by atoms with Gasteiger partial charge in [0.15, 0.2) is 11.6 Å². The van der Waals surface area contributed by atoms with Crippen molar-refractivity contribution in [1.82, 2.24) is 0 Å². The third-order valence-corrected chi connectivity index (χ3v) is 9.30. The van der Waals surface area contributed by atoms with E-state index in [2.05, 4.69) is 5.32 Å². The quantitative estimate of drug-likeness (QED) is 0.224. The molecule has 4 unspecified atom stereocenters. The minimum Gasteiger partial charge on any atom is -0.508 e. The van der Waals surface area contributed by atoms with E-state index in [1.54, 1.807) is 38.1 Å². The van der Waals surface area contributed by atoms with Crippen molar-refractivity contribution in [3.8, 4) is 5.75 Å². The molecule has 4 atom stereocenters. The zero-order chi connectivity index (χ0) is 30.0. The van der Waals surface area contributed by atoms with Gasteiger partial charge in [0.25, 0.3) is 0 Å². The molecule has 0 bridgehead atoms. The minimum atomic E-state index is -0.640. The predicted molar refractivity (Wildman–Crippen MR) is 163 cm³/mol. The van der Waals surface area contributed by atoms with E-state index in [9.17, 15) is 24.3 Å². The van der Waals surface area contributed by atoms with E-state index in [0.717, 1.165) is 22.5 Å². The maximum Gasteiger partial charge on any atom is 0.238 e. The van der Waals surface area contributed by atoms with Crippen LogP contribution in [0.15, 0.2) is 107 Å². The monoisotopic (exact) mass is 570 g/mol. The number of aryl methyl sites for hydroxylation is 1. The average molecular weight is 571 g/mol. The molecule has 7 rings (SSSR count). The van der Waals surface area contributed by atoms with Gasteiger partial charge < -0.3 is 10.4 Å². The second kappa shape index (κ2) is 10.1. The van der Waals surface area contributed by atoms with Crippen molar-refractivity contribution in [3.63, 3.8) is 0 Å². The molecule has 1 aliphatic heterocycles. The van der Waals surface area contributed by atoms with E-state index in [1.807, 2.05) is 54.6 Å². The number of amides is 2. The van der Waals surface area contributed by atoms with E-state index < -0.39 is 23.7 Å².